The molecule has 0 saturated carbocycles. The molecule has 2 unspecified atom stereocenters. The number of hydrogen-bond acceptors (Lipinski definition) is 4. The molecule has 6 nitrogen and oxygen atoms in total. The molecule has 1 heterocycles. The quantitative estimate of drug-likeness (QED) is 0.403. The summed E-state index contributed by atoms with van der Waals surface area (Å²) in [6.45, 7) is 7.15. The van der Waals surface area contributed by atoms with Crippen LogP contribution in [0.15, 0.2) is 53.5 Å². The van der Waals surface area contributed by atoms with Gasteiger partial charge in [0.2, 0.25) is 0 Å². The summed E-state index contributed by atoms with van der Waals surface area (Å²) in [5.74, 6) is 1.54. The summed E-state index contributed by atoms with van der Waals surface area (Å²) in [5, 5.41) is 16.9. The largest absolute Gasteiger partial charge is 0.491 e. The van der Waals surface area contributed by atoms with Crippen molar-refractivity contribution in [3.05, 3.63) is 65.2 Å². The minimum absolute atomic E-state index is 0.182. The summed E-state index contributed by atoms with van der Waals surface area (Å²) in [6, 6.07) is 16.2. The summed E-state index contributed by atoms with van der Waals surface area (Å²) < 4.78 is 11.8. The van der Waals surface area contributed by atoms with E-state index in [1.54, 1.807) is 0 Å². The maximum absolute atomic E-state index is 10.4. The summed E-state index contributed by atoms with van der Waals surface area (Å²) >= 11 is 0. The molecule has 0 aliphatic carbocycles. The molecule has 0 bridgehead atoms. The Labute approximate surface area is 185 Å². The van der Waals surface area contributed by atoms with Crippen molar-refractivity contribution >= 4 is 5.96 Å². The number of aryl methyl sites for hydroxylation is 1. The second-order valence-corrected chi connectivity index (χ2v) is 7.98. The van der Waals surface area contributed by atoms with E-state index in [-0.39, 0.29) is 6.10 Å². The Bertz CT molecular complexity index is 820. The van der Waals surface area contributed by atoms with Crippen LogP contribution in [0.3, 0.4) is 0 Å². The minimum atomic E-state index is -0.490. The van der Waals surface area contributed by atoms with Gasteiger partial charge in [-0.1, -0.05) is 42.5 Å². The second kappa shape index (κ2) is 12.3. The van der Waals surface area contributed by atoms with Crippen LogP contribution in [-0.4, -0.2) is 49.6 Å². The lowest BCUT2D eigenvalue weighted by molar-refractivity contribution is 0.0676. The molecule has 2 aromatic rings. The summed E-state index contributed by atoms with van der Waals surface area (Å²) in [4.78, 5) is 4.70. The number of rotatable bonds is 10. The van der Waals surface area contributed by atoms with E-state index in [0.29, 0.717) is 32.1 Å². The number of guanidine groups is 1. The number of aliphatic hydroxyl groups excluding tert-OH is 1. The third-order valence-corrected chi connectivity index (χ3v) is 5.24. The molecule has 31 heavy (non-hydrogen) atoms. The van der Waals surface area contributed by atoms with Gasteiger partial charge in [-0.15, -0.1) is 0 Å². The van der Waals surface area contributed by atoms with Gasteiger partial charge in [0.25, 0.3) is 0 Å². The molecule has 1 fully saturated rings. The van der Waals surface area contributed by atoms with Crippen LogP contribution in [-0.2, 0) is 17.7 Å². The maximum atomic E-state index is 10.4. The van der Waals surface area contributed by atoms with Crippen molar-refractivity contribution in [2.75, 3.05) is 26.3 Å². The molecule has 2 aromatic carbocycles. The molecular weight excluding hydrogens is 390 g/mol. The van der Waals surface area contributed by atoms with Crippen molar-refractivity contribution in [2.45, 2.75) is 51.9 Å². The van der Waals surface area contributed by atoms with Crippen molar-refractivity contribution in [2.24, 2.45) is 4.99 Å². The Kier molecular flexibility index (Phi) is 9.18. The van der Waals surface area contributed by atoms with Gasteiger partial charge in [0.1, 0.15) is 12.4 Å². The van der Waals surface area contributed by atoms with Crippen LogP contribution in [0, 0.1) is 6.92 Å². The van der Waals surface area contributed by atoms with Crippen molar-refractivity contribution in [1.82, 2.24) is 10.6 Å². The molecule has 1 aliphatic heterocycles. The number of nitrogens with zero attached hydrogens (tertiary/aromatic N) is 1. The molecule has 3 N–H and O–H groups in total. The molecular formula is C25H35N3O3. The van der Waals surface area contributed by atoms with E-state index in [4.69, 9.17) is 14.5 Å². The Balaban J connectivity index is 1.57. The predicted octanol–water partition coefficient (Wildman–Crippen LogP) is 3.21. The zero-order valence-corrected chi connectivity index (χ0v) is 18.6. The van der Waals surface area contributed by atoms with Crippen LogP contribution in [0.2, 0.25) is 0 Å². The predicted molar refractivity (Wildman–Crippen MR) is 125 cm³/mol. The van der Waals surface area contributed by atoms with Crippen molar-refractivity contribution in [3.63, 3.8) is 0 Å². The van der Waals surface area contributed by atoms with Gasteiger partial charge in [-0.3, -0.25) is 0 Å². The van der Waals surface area contributed by atoms with Crippen LogP contribution in [0.25, 0.3) is 0 Å². The van der Waals surface area contributed by atoms with Crippen LogP contribution in [0.5, 0.6) is 5.75 Å². The highest BCUT2D eigenvalue weighted by atomic mass is 16.5. The van der Waals surface area contributed by atoms with E-state index in [1.165, 1.54) is 0 Å². The minimum Gasteiger partial charge on any atom is -0.491 e. The first-order chi connectivity index (χ1) is 15.1. The first-order valence-corrected chi connectivity index (χ1v) is 11.2. The average molecular weight is 426 g/mol. The number of benzene rings is 2. The lowest BCUT2D eigenvalue weighted by Crippen LogP contribution is -2.41. The van der Waals surface area contributed by atoms with Gasteiger partial charge in [0, 0.05) is 31.7 Å². The maximum Gasteiger partial charge on any atom is 0.191 e. The first-order valence-electron chi connectivity index (χ1n) is 11.2. The van der Waals surface area contributed by atoms with E-state index in [0.717, 1.165) is 48.4 Å². The normalized spacial score (nSPS) is 17.4. The van der Waals surface area contributed by atoms with Crippen LogP contribution in [0.4, 0.5) is 0 Å². The van der Waals surface area contributed by atoms with Gasteiger partial charge in [0.15, 0.2) is 5.96 Å². The van der Waals surface area contributed by atoms with Gasteiger partial charge in [-0.25, -0.2) is 4.99 Å². The molecule has 0 radical (unpaired) electrons. The van der Waals surface area contributed by atoms with Crippen LogP contribution in [0.1, 0.15) is 36.5 Å². The van der Waals surface area contributed by atoms with E-state index in [1.807, 2.05) is 37.3 Å². The van der Waals surface area contributed by atoms with Gasteiger partial charge in [-0.2, -0.15) is 0 Å². The average Bonchev–Trinajstić information content (AvgIpc) is 3.29. The third kappa shape index (κ3) is 7.89. The first kappa shape index (κ1) is 23.1. The lowest BCUT2D eigenvalue weighted by Gasteiger charge is -2.17. The monoisotopic (exact) mass is 425 g/mol. The SMILES string of the molecule is CCNC(=NCc1ccc(C)cc1OCC1CCCO1)NCC(O)Cc1ccccc1. The van der Waals surface area contributed by atoms with Crippen molar-refractivity contribution in [1.29, 1.82) is 0 Å². The summed E-state index contributed by atoms with van der Waals surface area (Å²) in [7, 11) is 0. The van der Waals surface area contributed by atoms with Gasteiger partial charge < -0.3 is 25.2 Å². The van der Waals surface area contributed by atoms with E-state index < -0.39 is 6.10 Å². The fourth-order valence-electron chi connectivity index (χ4n) is 3.56. The van der Waals surface area contributed by atoms with Gasteiger partial charge >= 0.3 is 0 Å². The molecule has 1 saturated heterocycles. The Morgan fingerprint density at radius 3 is 2.81 bits per heavy atom. The fourth-order valence-corrected chi connectivity index (χ4v) is 3.56. The smallest absolute Gasteiger partial charge is 0.191 e. The zero-order valence-electron chi connectivity index (χ0n) is 18.6. The van der Waals surface area contributed by atoms with E-state index in [2.05, 4.69) is 35.8 Å². The highest BCUT2D eigenvalue weighted by molar-refractivity contribution is 5.79. The fraction of sp³-hybridized carbons (Fsp3) is 0.480. The summed E-state index contributed by atoms with van der Waals surface area (Å²) in [6.07, 6.45) is 2.45. The highest BCUT2D eigenvalue weighted by Crippen LogP contribution is 2.23. The lowest BCUT2D eigenvalue weighted by atomic mass is 10.1. The molecule has 0 amide bonds. The number of ether oxygens (including phenoxy) is 2. The number of hydrogen-bond donors (Lipinski definition) is 3. The highest BCUT2D eigenvalue weighted by Gasteiger charge is 2.17. The second-order valence-electron chi connectivity index (χ2n) is 7.98. The molecule has 6 heteroatoms. The van der Waals surface area contributed by atoms with Gasteiger partial charge in [0.05, 0.1) is 18.8 Å². The number of aliphatic hydroxyl groups is 1. The number of nitrogens with one attached hydrogen (secondary N) is 2. The standard InChI is InChI=1S/C25H35N3O3/c1-3-26-25(28-17-22(29)15-20-8-5-4-6-9-20)27-16-21-12-11-19(2)14-24(21)31-18-23-10-7-13-30-23/h4-6,8-9,11-12,14,22-23,29H,3,7,10,13,15-18H2,1-2H3,(H2,26,27,28). The Morgan fingerprint density at radius 2 is 2.06 bits per heavy atom. The molecule has 0 spiro atoms. The van der Waals surface area contributed by atoms with Crippen LogP contribution >= 0.6 is 0 Å². The van der Waals surface area contributed by atoms with E-state index >= 15 is 0 Å². The van der Waals surface area contributed by atoms with Crippen molar-refractivity contribution in [3.8, 4) is 5.75 Å². The van der Waals surface area contributed by atoms with E-state index in [9.17, 15) is 5.11 Å². The zero-order chi connectivity index (χ0) is 21.9. The summed E-state index contributed by atoms with van der Waals surface area (Å²) in [5.41, 5.74) is 3.31. The van der Waals surface area contributed by atoms with Crippen molar-refractivity contribution < 1.29 is 14.6 Å². The Hall–Kier alpha value is -2.57. The Morgan fingerprint density at radius 1 is 1.23 bits per heavy atom. The molecule has 3 rings (SSSR count). The molecule has 0 aromatic heterocycles. The molecule has 168 valence electrons. The number of aliphatic imine (C=N–C) groups is 1. The third-order valence-electron chi connectivity index (χ3n) is 5.24. The van der Waals surface area contributed by atoms with Crippen LogP contribution < -0.4 is 15.4 Å². The molecule has 1 aliphatic rings. The van der Waals surface area contributed by atoms with Gasteiger partial charge in [-0.05, 0) is 43.9 Å². The molecule has 2 atom stereocenters. The topological polar surface area (TPSA) is 75.1 Å².